The summed E-state index contributed by atoms with van der Waals surface area (Å²) in [6, 6.07) is 12.9. The average molecular weight is 299 g/mol. The van der Waals surface area contributed by atoms with Gasteiger partial charge in [-0.3, -0.25) is 4.79 Å². The molecule has 0 bridgehead atoms. The molecule has 0 aliphatic rings. The van der Waals surface area contributed by atoms with Crippen LogP contribution in [0.3, 0.4) is 0 Å². The largest absolute Gasteiger partial charge is 0.325 e. The molecule has 0 fully saturated rings. The number of hydrogen-bond donors (Lipinski definition) is 1. The first kappa shape index (κ1) is 15.1. The molecule has 21 heavy (non-hydrogen) atoms. The van der Waals surface area contributed by atoms with Gasteiger partial charge in [-0.15, -0.1) is 0 Å². The van der Waals surface area contributed by atoms with E-state index in [0.717, 1.165) is 16.7 Å². The predicted octanol–water partition coefficient (Wildman–Crippen LogP) is 4.01. The van der Waals surface area contributed by atoms with Crippen molar-refractivity contribution in [3.05, 3.63) is 63.7 Å². The van der Waals surface area contributed by atoms with E-state index < -0.39 is 0 Å². The molecule has 0 heterocycles. The Hall–Kier alpha value is -2.31. The number of nitrogens with zero attached hydrogens (tertiary/aromatic N) is 1. The van der Waals surface area contributed by atoms with Gasteiger partial charge in [0.05, 0.1) is 17.7 Å². The molecule has 1 amide bonds. The first-order valence-corrected chi connectivity index (χ1v) is 6.93. The predicted molar refractivity (Wildman–Crippen MR) is 84.4 cm³/mol. The van der Waals surface area contributed by atoms with Gasteiger partial charge in [0.25, 0.3) is 0 Å². The van der Waals surface area contributed by atoms with Crippen molar-refractivity contribution in [3.63, 3.8) is 0 Å². The monoisotopic (exact) mass is 298 g/mol. The minimum Gasteiger partial charge on any atom is -0.325 e. The lowest BCUT2D eigenvalue weighted by molar-refractivity contribution is -0.115. The van der Waals surface area contributed by atoms with E-state index in [1.54, 1.807) is 18.2 Å². The van der Waals surface area contributed by atoms with Gasteiger partial charge in [0, 0.05) is 5.02 Å². The van der Waals surface area contributed by atoms with Crippen LogP contribution in [-0.2, 0) is 11.2 Å². The Balaban J connectivity index is 2.17. The lowest BCUT2D eigenvalue weighted by Crippen LogP contribution is -2.16. The second-order valence-electron chi connectivity index (χ2n) is 4.96. The van der Waals surface area contributed by atoms with E-state index in [1.165, 1.54) is 0 Å². The maximum Gasteiger partial charge on any atom is 0.228 e. The third-order valence-corrected chi connectivity index (χ3v) is 3.47. The fraction of sp³-hybridized carbons (Fsp3) is 0.176. The van der Waals surface area contributed by atoms with Crippen LogP contribution in [0.15, 0.2) is 36.4 Å². The second-order valence-corrected chi connectivity index (χ2v) is 5.39. The van der Waals surface area contributed by atoms with Crippen LogP contribution in [0.1, 0.15) is 22.3 Å². The molecule has 0 saturated carbocycles. The van der Waals surface area contributed by atoms with Gasteiger partial charge in [0.15, 0.2) is 0 Å². The molecular weight excluding hydrogens is 284 g/mol. The summed E-state index contributed by atoms with van der Waals surface area (Å²) >= 11 is 5.90. The number of nitrogens with one attached hydrogen (secondary N) is 1. The molecule has 1 N–H and O–H groups in total. The van der Waals surface area contributed by atoms with Crippen LogP contribution >= 0.6 is 11.6 Å². The molecule has 0 radical (unpaired) electrons. The van der Waals surface area contributed by atoms with Crippen LogP contribution in [0.4, 0.5) is 5.69 Å². The Morgan fingerprint density at radius 3 is 2.71 bits per heavy atom. The minimum atomic E-state index is -0.164. The Kier molecular flexibility index (Phi) is 4.62. The number of amides is 1. The van der Waals surface area contributed by atoms with Crippen LogP contribution in [0, 0.1) is 25.2 Å². The first-order chi connectivity index (χ1) is 9.99. The van der Waals surface area contributed by atoms with Crippen molar-refractivity contribution in [2.24, 2.45) is 0 Å². The third-order valence-electron chi connectivity index (χ3n) is 3.23. The smallest absolute Gasteiger partial charge is 0.228 e. The Bertz CT molecular complexity index is 732. The van der Waals surface area contributed by atoms with Gasteiger partial charge >= 0.3 is 0 Å². The first-order valence-electron chi connectivity index (χ1n) is 6.55. The molecule has 0 spiro atoms. The van der Waals surface area contributed by atoms with Crippen LogP contribution < -0.4 is 5.32 Å². The zero-order chi connectivity index (χ0) is 15.4. The number of anilines is 1. The lowest BCUT2D eigenvalue weighted by Gasteiger charge is -2.10. The zero-order valence-electron chi connectivity index (χ0n) is 11.9. The molecule has 0 atom stereocenters. The summed E-state index contributed by atoms with van der Waals surface area (Å²) in [5.41, 5.74) is 4.01. The molecule has 0 unspecified atom stereocenters. The van der Waals surface area contributed by atoms with Crippen molar-refractivity contribution in [3.8, 4) is 6.07 Å². The molecule has 4 heteroatoms. The maximum absolute atomic E-state index is 12.2. The number of carbonyl (C=O) groups is 1. The van der Waals surface area contributed by atoms with E-state index in [4.69, 9.17) is 16.9 Å². The van der Waals surface area contributed by atoms with Gasteiger partial charge in [-0.25, -0.2) is 0 Å². The van der Waals surface area contributed by atoms with Gasteiger partial charge in [-0.05, 0) is 43.2 Å². The van der Waals surface area contributed by atoms with Crippen molar-refractivity contribution in [2.75, 3.05) is 5.32 Å². The number of halogens is 1. The number of rotatable bonds is 3. The van der Waals surface area contributed by atoms with Crippen molar-refractivity contribution >= 4 is 23.2 Å². The van der Waals surface area contributed by atoms with Crippen LogP contribution in [0.25, 0.3) is 0 Å². The lowest BCUT2D eigenvalue weighted by atomic mass is 10.0. The summed E-state index contributed by atoms with van der Waals surface area (Å²) < 4.78 is 0. The highest BCUT2D eigenvalue weighted by atomic mass is 35.5. The van der Waals surface area contributed by atoms with E-state index in [1.807, 2.05) is 38.1 Å². The highest BCUT2D eigenvalue weighted by molar-refractivity contribution is 6.31. The van der Waals surface area contributed by atoms with Gasteiger partial charge in [-0.2, -0.15) is 5.26 Å². The summed E-state index contributed by atoms with van der Waals surface area (Å²) in [7, 11) is 0. The maximum atomic E-state index is 12.2. The van der Waals surface area contributed by atoms with Crippen molar-refractivity contribution in [2.45, 2.75) is 20.3 Å². The SMILES string of the molecule is Cc1ccc(C)c(CC(=O)Nc2cc(Cl)ccc2C#N)c1. The second kappa shape index (κ2) is 6.43. The zero-order valence-corrected chi connectivity index (χ0v) is 12.7. The highest BCUT2D eigenvalue weighted by Gasteiger charge is 2.10. The number of hydrogen-bond acceptors (Lipinski definition) is 2. The summed E-state index contributed by atoms with van der Waals surface area (Å²) in [5.74, 6) is -0.164. The summed E-state index contributed by atoms with van der Waals surface area (Å²) in [4.78, 5) is 12.2. The van der Waals surface area contributed by atoms with Crippen LogP contribution in [-0.4, -0.2) is 5.91 Å². The van der Waals surface area contributed by atoms with Gasteiger partial charge in [0.2, 0.25) is 5.91 Å². The molecule has 0 saturated heterocycles. The molecule has 0 aliphatic carbocycles. The molecule has 106 valence electrons. The Morgan fingerprint density at radius 2 is 2.00 bits per heavy atom. The fourth-order valence-electron chi connectivity index (χ4n) is 2.08. The molecule has 3 nitrogen and oxygen atoms in total. The normalized spacial score (nSPS) is 10.0. The number of carbonyl (C=O) groups excluding carboxylic acids is 1. The van der Waals surface area contributed by atoms with E-state index in [2.05, 4.69) is 5.32 Å². The van der Waals surface area contributed by atoms with E-state index in [0.29, 0.717) is 16.3 Å². The molecule has 2 aromatic rings. The topological polar surface area (TPSA) is 52.9 Å². The fourth-order valence-corrected chi connectivity index (χ4v) is 2.25. The van der Waals surface area contributed by atoms with E-state index in [9.17, 15) is 4.79 Å². The van der Waals surface area contributed by atoms with Crippen molar-refractivity contribution < 1.29 is 4.79 Å². The third kappa shape index (κ3) is 3.84. The van der Waals surface area contributed by atoms with Gasteiger partial charge < -0.3 is 5.32 Å². The van der Waals surface area contributed by atoms with Crippen molar-refractivity contribution in [1.82, 2.24) is 0 Å². The summed E-state index contributed by atoms with van der Waals surface area (Å²) in [6.45, 7) is 3.97. The standard InChI is InChI=1S/C17H15ClN2O/c1-11-3-4-12(2)14(7-11)8-17(21)20-16-9-15(18)6-5-13(16)10-19/h3-7,9H,8H2,1-2H3,(H,20,21). The summed E-state index contributed by atoms with van der Waals surface area (Å²) in [5, 5.41) is 12.3. The van der Waals surface area contributed by atoms with Gasteiger partial charge in [-0.1, -0.05) is 35.4 Å². The molecular formula is C17H15ClN2O. The number of benzene rings is 2. The van der Waals surface area contributed by atoms with E-state index >= 15 is 0 Å². The van der Waals surface area contributed by atoms with Crippen molar-refractivity contribution in [1.29, 1.82) is 5.26 Å². The van der Waals surface area contributed by atoms with Crippen LogP contribution in [0.5, 0.6) is 0 Å². The summed E-state index contributed by atoms with van der Waals surface area (Å²) in [6.07, 6.45) is 0.269. The quantitative estimate of drug-likeness (QED) is 0.931. The number of nitriles is 1. The molecule has 2 rings (SSSR count). The number of aryl methyl sites for hydroxylation is 2. The van der Waals surface area contributed by atoms with E-state index in [-0.39, 0.29) is 12.3 Å². The van der Waals surface area contributed by atoms with Gasteiger partial charge in [0.1, 0.15) is 6.07 Å². The average Bonchev–Trinajstić information content (AvgIpc) is 2.43. The molecule has 0 aromatic heterocycles. The Morgan fingerprint density at radius 1 is 1.24 bits per heavy atom. The minimum absolute atomic E-state index is 0.164. The Labute approximate surface area is 129 Å². The molecule has 2 aromatic carbocycles. The highest BCUT2D eigenvalue weighted by Crippen LogP contribution is 2.21. The molecule has 0 aliphatic heterocycles. The van der Waals surface area contributed by atoms with Crippen LogP contribution in [0.2, 0.25) is 5.02 Å².